The van der Waals surface area contributed by atoms with Gasteiger partial charge in [-0.2, -0.15) is 0 Å². The number of hydrogen-bond acceptors (Lipinski definition) is 3. The third-order valence-corrected chi connectivity index (χ3v) is 4.76. The lowest BCUT2D eigenvalue weighted by Gasteiger charge is -2.17. The first kappa shape index (κ1) is 16.1. The van der Waals surface area contributed by atoms with E-state index in [1.807, 2.05) is 48.5 Å². The molecule has 0 aromatic heterocycles. The van der Waals surface area contributed by atoms with Crippen LogP contribution in [0.1, 0.15) is 28.8 Å². The van der Waals surface area contributed by atoms with Crippen molar-refractivity contribution in [1.29, 1.82) is 0 Å². The van der Waals surface area contributed by atoms with E-state index in [0.29, 0.717) is 5.56 Å². The summed E-state index contributed by atoms with van der Waals surface area (Å²) in [5, 5.41) is 0.815. The second kappa shape index (κ2) is 7.64. The first-order valence-electron chi connectivity index (χ1n) is 7.92. The van der Waals surface area contributed by atoms with Crippen molar-refractivity contribution in [2.24, 2.45) is 0 Å². The minimum Gasteiger partial charge on any atom is -0.485 e. The molecule has 1 aliphatic heterocycles. The van der Waals surface area contributed by atoms with Crippen LogP contribution in [0, 0.1) is 0 Å². The Bertz CT molecular complexity index is 646. The van der Waals surface area contributed by atoms with E-state index in [0.717, 1.165) is 24.2 Å². The summed E-state index contributed by atoms with van der Waals surface area (Å²) in [6.45, 7) is 2.29. The molecule has 1 fully saturated rings. The Morgan fingerprint density at radius 3 is 2.26 bits per heavy atom. The van der Waals surface area contributed by atoms with Crippen molar-refractivity contribution < 1.29 is 9.53 Å². The molecule has 2 aromatic rings. The summed E-state index contributed by atoms with van der Waals surface area (Å²) in [6.07, 6.45) is 2.50. The first-order chi connectivity index (χ1) is 11.3. The molecular weight excluding hydrogens is 354 g/mol. The van der Waals surface area contributed by atoms with Crippen LogP contribution in [0.5, 0.6) is 5.75 Å². The van der Waals surface area contributed by atoms with E-state index >= 15 is 0 Å². The van der Waals surface area contributed by atoms with Crippen LogP contribution in [0.3, 0.4) is 0 Å². The number of anilines is 1. The van der Waals surface area contributed by atoms with Crippen molar-refractivity contribution in [2.75, 3.05) is 24.6 Å². The van der Waals surface area contributed by atoms with Crippen LogP contribution in [0.2, 0.25) is 0 Å². The maximum Gasteiger partial charge on any atom is 0.200 e. The Labute approximate surface area is 145 Å². The molecule has 0 bridgehead atoms. The fraction of sp³-hybridized carbons (Fsp3) is 0.316. The molecule has 0 aliphatic carbocycles. The topological polar surface area (TPSA) is 29.5 Å². The predicted molar refractivity (Wildman–Crippen MR) is 96.8 cm³/mol. The van der Waals surface area contributed by atoms with Crippen molar-refractivity contribution in [1.82, 2.24) is 0 Å². The maximum absolute atomic E-state index is 12.2. The number of nitrogens with zero attached hydrogens (tertiary/aromatic N) is 1. The average Bonchev–Trinajstić information content (AvgIpc) is 3.15. The molecule has 0 unspecified atom stereocenters. The van der Waals surface area contributed by atoms with E-state index in [1.54, 1.807) is 0 Å². The number of rotatable bonds is 6. The number of alkyl halides is 1. The van der Waals surface area contributed by atoms with Crippen molar-refractivity contribution in [3.8, 4) is 5.75 Å². The number of ether oxygens (including phenoxy) is 1. The quantitative estimate of drug-likeness (QED) is 0.553. The number of halogens is 1. The van der Waals surface area contributed by atoms with E-state index < -0.39 is 0 Å². The molecule has 1 heterocycles. The van der Waals surface area contributed by atoms with E-state index in [-0.39, 0.29) is 12.4 Å². The monoisotopic (exact) mass is 373 g/mol. The van der Waals surface area contributed by atoms with E-state index in [4.69, 9.17) is 4.74 Å². The summed E-state index contributed by atoms with van der Waals surface area (Å²) in [5.41, 5.74) is 3.08. The Hall–Kier alpha value is -1.81. The molecule has 3 rings (SSSR count). The number of hydrogen-bond donors (Lipinski definition) is 0. The molecule has 3 nitrogen and oxygen atoms in total. The van der Waals surface area contributed by atoms with Crippen LogP contribution < -0.4 is 9.64 Å². The van der Waals surface area contributed by atoms with Gasteiger partial charge in [-0.1, -0.05) is 28.1 Å². The molecule has 0 amide bonds. The molecular formula is C19H20BrNO2. The normalized spacial score (nSPS) is 14.0. The van der Waals surface area contributed by atoms with Gasteiger partial charge < -0.3 is 9.64 Å². The summed E-state index contributed by atoms with van der Waals surface area (Å²) in [7, 11) is 0. The smallest absolute Gasteiger partial charge is 0.200 e. The second-order valence-electron chi connectivity index (χ2n) is 5.73. The molecule has 0 N–H and O–H groups in total. The number of benzene rings is 2. The maximum atomic E-state index is 12.2. The second-order valence-corrected chi connectivity index (χ2v) is 6.29. The molecule has 1 aliphatic rings. The number of ketones is 1. The van der Waals surface area contributed by atoms with Gasteiger partial charge in [0.05, 0.1) is 0 Å². The zero-order valence-corrected chi connectivity index (χ0v) is 14.6. The van der Waals surface area contributed by atoms with E-state index in [9.17, 15) is 4.79 Å². The summed E-state index contributed by atoms with van der Waals surface area (Å²) in [5.74, 6) is 0.722. The molecule has 0 atom stereocenters. The predicted octanol–water partition coefficient (Wildman–Crippen LogP) is 4.44. The highest BCUT2D eigenvalue weighted by atomic mass is 79.9. The standard InChI is InChI=1S/C19H20BrNO2/c20-13-15-3-9-18(10-4-15)23-14-19(22)16-5-7-17(8-6-16)21-11-1-2-12-21/h3-10H,1-2,11-14H2. The molecule has 4 heteroatoms. The van der Waals surface area contributed by atoms with Gasteiger partial charge >= 0.3 is 0 Å². The highest BCUT2D eigenvalue weighted by Gasteiger charge is 2.13. The minimum absolute atomic E-state index is 0.00235. The average molecular weight is 374 g/mol. The van der Waals surface area contributed by atoms with Gasteiger partial charge in [-0.15, -0.1) is 0 Å². The van der Waals surface area contributed by atoms with Crippen LogP contribution >= 0.6 is 15.9 Å². The van der Waals surface area contributed by atoms with Crippen LogP contribution in [-0.2, 0) is 5.33 Å². The number of Topliss-reactive ketones (excluding diaryl/α,β-unsaturated/α-hetero) is 1. The van der Waals surface area contributed by atoms with E-state index in [1.165, 1.54) is 24.1 Å². The third-order valence-electron chi connectivity index (χ3n) is 4.11. The minimum atomic E-state index is 0.00235. The Morgan fingerprint density at radius 1 is 1.00 bits per heavy atom. The van der Waals surface area contributed by atoms with Crippen molar-refractivity contribution >= 4 is 27.4 Å². The third kappa shape index (κ3) is 4.14. The van der Waals surface area contributed by atoms with Gasteiger partial charge in [-0.25, -0.2) is 0 Å². The molecule has 120 valence electrons. The Kier molecular flexibility index (Phi) is 5.34. The van der Waals surface area contributed by atoms with E-state index in [2.05, 4.69) is 20.8 Å². The molecule has 0 spiro atoms. The van der Waals surface area contributed by atoms with Gasteiger partial charge in [0.15, 0.2) is 12.4 Å². The SMILES string of the molecule is O=C(COc1ccc(CBr)cc1)c1ccc(N2CCCC2)cc1. The first-order valence-corrected chi connectivity index (χ1v) is 9.04. The molecule has 0 radical (unpaired) electrons. The summed E-state index contributed by atoms with van der Waals surface area (Å²) in [4.78, 5) is 14.6. The van der Waals surface area contributed by atoms with Crippen molar-refractivity contribution in [3.05, 3.63) is 59.7 Å². The van der Waals surface area contributed by atoms with Crippen molar-refractivity contribution in [2.45, 2.75) is 18.2 Å². The largest absolute Gasteiger partial charge is 0.485 e. The highest BCUT2D eigenvalue weighted by Crippen LogP contribution is 2.21. The Morgan fingerprint density at radius 2 is 1.65 bits per heavy atom. The molecule has 2 aromatic carbocycles. The van der Waals surface area contributed by atoms with Gasteiger partial charge in [0.1, 0.15) is 5.75 Å². The van der Waals surface area contributed by atoms with Crippen LogP contribution in [0.15, 0.2) is 48.5 Å². The van der Waals surface area contributed by atoms with Gasteiger partial charge in [-0.05, 0) is 54.8 Å². The van der Waals surface area contributed by atoms with Gasteiger partial charge in [0, 0.05) is 29.7 Å². The lowest BCUT2D eigenvalue weighted by molar-refractivity contribution is 0.0921. The molecule has 1 saturated heterocycles. The van der Waals surface area contributed by atoms with Crippen molar-refractivity contribution in [3.63, 3.8) is 0 Å². The Balaban J connectivity index is 1.56. The van der Waals surface area contributed by atoms with Gasteiger partial charge in [-0.3, -0.25) is 4.79 Å². The lowest BCUT2D eigenvalue weighted by Crippen LogP contribution is -2.17. The zero-order valence-electron chi connectivity index (χ0n) is 13.0. The molecule has 23 heavy (non-hydrogen) atoms. The van der Waals surface area contributed by atoms with Gasteiger partial charge in [0.25, 0.3) is 0 Å². The summed E-state index contributed by atoms with van der Waals surface area (Å²) in [6, 6.07) is 15.6. The van der Waals surface area contributed by atoms with Crippen LogP contribution in [0.25, 0.3) is 0 Å². The van der Waals surface area contributed by atoms with Gasteiger partial charge in [0.2, 0.25) is 0 Å². The zero-order chi connectivity index (χ0) is 16.1. The highest BCUT2D eigenvalue weighted by molar-refractivity contribution is 9.08. The fourth-order valence-corrected chi connectivity index (χ4v) is 3.11. The van der Waals surface area contributed by atoms with Crippen LogP contribution in [-0.4, -0.2) is 25.5 Å². The summed E-state index contributed by atoms with van der Waals surface area (Å²) < 4.78 is 5.58. The number of carbonyl (C=O) groups excluding carboxylic acids is 1. The van der Waals surface area contributed by atoms with Crippen LogP contribution in [0.4, 0.5) is 5.69 Å². The summed E-state index contributed by atoms with van der Waals surface area (Å²) >= 11 is 3.41. The lowest BCUT2D eigenvalue weighted by atomic mass is 10.1. The molecule has 0 saturated carbocycles. The fourth-order valence-electron chi connectivity index (χ4n) is 2.74. The number of carbonyl (C=O) groups is 1.